The van der Waals surface area contributed by atoms with E-state index in [-0.39, 0.29) is 0 Å². The minimum atomic E-state index is 0.532. The number of rotatable bonds is 0. The van der Waals surface area contributed by atoms with E-state index in [1.807, 2.05) is 0 Å². The maximum absolute atomic E-state index is 5.18. The van der Waals surface area contributed by atoms with E-state index in [0.717, 1.165) is 0 Å². The molecule has 3 rings (SSSR count). The standard InChI is InChI=1S/C5H6O2/c1-2-4(6-2)5-3(1)7-5/h2-5H,1H2/t2-,3+,4-,5+. The van der Waals surface area contributed by atoms with Gasteiger partial charge in [0.1, 0.15) is 12.2 Å². The third-order valence-electron chi connectivity index (χ3n) is 2.03. The number of epoxide rings is 2. The second-order valence-corrected chi connectivity index (χ2v) is 2.51. The van der Waals surface area contributed by atoms with Crippen molar-refractivity contribution in [2.24, 2.45) is 0 Å². The molecule has 0 bridgehead atoms. The van der Waals surface area contributed by atoms with Crippen LogP contribution in [0.5, 0.6) is 0 Å². The van der Waals surface area contributed by atoms with Gasteiger partial charge in [-0.3, -0.25) is 0 Å². The Hall–Kier alpha value is -0.0800. The van der Waals surface area contributed by atoms with Crippen LogP contribution in [0.3, 0.4) is 0 Å². The third-order valence-corrected chi connectivity index (χ3v) is 2.03. The summed E-state index contributed by atoms with van der Waals surface area (Å²) in [5.41, 5.74) is 0. The van der Waals surface area contributed by atoms with E-state index in [1.165, 1.54) is 6.42 Å². The van der Waals surface area contributed by atoms with Gasteiger partial charge in [0, 0.05) is 6.42 Å². The van der Waals surface area contributed by atoms with Gasteiger partial charge in [-0.1, -0.05) is 0 Å². The minimum absolute atomic E-state index is 0.532. The van der Waals surface area contributed by atoms with Crippen molar-refractivity contribution in [3.8, 4) is 0 Å². The summed E-state index contributed by atoms with van der Waals surface area (Å²) in [6, 6.07) is 0. The lowest BCUT2D eigenvalue weighted by molar-refractivity contribution is 0.325. The molecule has 0 radical (unpaired) electrons. The molecule has 0 N–H and O–H groups in total. The molecule has 2 heterocycles. The summed E-state index contributed by atoms with van der Waals surface area (Å²) in [7, 11) is 0. The fraction of sp³-hybridized carbons (Fsp3) is 1.00. The zero-order valence-corrected chi connectivity index (χ0v) is 3.83. The van der Waals surface area contributed by atoms with Crippen LogP contribution < -0.4 is 0 Å². The van der Waals surface area contributed by atoms with Crippen molar-refractivity contribution in [1.82, 2.24) is 0 Å². The summed E-state index contributed by atoms with van der Waals surface area (Å²) < 4.78 is 10.4. The predicted molar refractivity (Wildman–Crippen MR) is 21.9 cm³/mol. The Morgan fingerprint density at radius 1 is 1.00 bits per heavy atom. The van der Waals surface area contributed by atoms with Gasteiger partial charge in [-0.05, 0) is 0 Å². The Kier molecular flexibility index (Phi) is 0.280. The molecule has 2 heteroatoms. The van der Waals surface area contributed by atoms with E-state index < -0.39 is 0 Å². The molecule has 7 heavy (non-hydrogen) atoms. The highest BCUT2D eigenvalue weighted by Gasteiger charge is 2.65. The molecule has 0 spiro atoms. The molecule has 0 aromatic rings. The Labute approximate surface area is 41.4 Å². The Morgan fingerprint density at radius 2 is 1.57 bits per heavy atom. The van der Waals surface area contributed by atoms with Crippen molar-refractivity contribution in [1.29, 1.82) is 0 Å². The fourth-order valence-corrected chi connectivity index (χ4v) is 1.50. The van der Waals surface area contributed by atoms with Gasteiger partial charge in [0.25, 0.3) is 0 Å². The van der Waals surface area contributed by atoms with Crippen LogP contribution in [0.1, 0.15) is 6.42 Å². The van der Waals surface area contributed by atoms with Crippen molar-refractivity contribution in [3.05, 3.63) is 0 Å². The van der Waals surface area contributed by atoms with E-state index in [2.05, 4.69) is 0 Å². The van der Waals surface area contributed by atoms with Crippen molar-refractivity contribution in [2.45, 2.75) is 30.8 Å². The quantitative estimate of drug-likeness (QED) is 0.396. The van der Waals surface area contributed by atoms with Crippen molar-refractivity contribution < 1.29 is 9.47 Å². The summed E-state index contributed by atoms with van der Waals surface area (Å²) in [4.78, 5) is 0. The highest BCUT2D eigenvalue weighted by Crippen LogP contribution is 2.50. The van der Waals surface area contributed by atoms with Crippen LogP contribution in [-0.4, -0.2) is 24.4 Å². The van der Waals surface area contributed by atoms with Crippen LogP contribution in [0.15, 0.2) is 0 Å². The van der Waals surface area contributed by atoms with Gasteiger partial charge in [-0.25, -0.2) is 0 Å². The first kappa shape index (κ1) is 3.05. The summed E-state index contributed by atoms with van der Waals surface area (Å²) in [6.45, 7) is 0. The smallest absolute Gasteiger partial charge is 0.113 e. The average Bonchev–Trinajstić information content (AvgIpc) is 2.47. The highest BCUT2D eigenvalue weighted by molar-refractivity contribution is 5.12. The molecule has 2 nitrogen and oxygen atoms in total. The summed E-state index contributed by atoms with van der Waals surface area (Å²) in [6.07, 6.45) is 3.47. The van der Waals surface area contributed by atoms with Gasteiger partial charge < -0.3 is 9.47 Å². The van der Waals surface area contributed by atoms with E-state index in [0.29, 0.717) is 24.4 Å². The van der Waals surface area contributed by atoms with E-state index >= 15 is 0 Å². The first-order valence-electron chi connectivity index (χ1n) is 2.76. The topological polar surface area (TPSA) is 25.1 Å². The van der Waals surface area contributed by atoms with E-state index in [1.54, 1.807) is 0 Å². The molecule has 1 saturated carbocycles. The van der Waals surface area contributed by atoms with Gasteiger partial charge in [0.2, 0.25) is 0 Å². The Balaban J connectivity index is 2.02. The third kappa shape index (κ3) is 0.229. The molecule has 3 aliphatic rings. The number of ether oxygens (including phenoxy) is 2. The fourth-order valence-electron chi connectivity index (χ4n) is 1.50. The molecule has 0 aromatic carbocycles. The molecule has 0 unspecified atom stereocenters. The molecule has 0 aromatic heterocycles. The Bertz CT molecular complexity index is 109. The first-order chi connectivity index (χ1) is 3.45. The van der Waals surface area contributed by atoms with Gasteiger partial charge in [-0.2, -0.15) is 0 Å². The maximum atomic E-state index is 5.18. The van der Waals surface area contributed by atoms with Gasteiger partial charge in [0.15, 0.2) is 0 Å². The van der Waals surface area contributed by atoms with Crippen LogP contribution in [-0.2, 0) is 9.47 Å². The molecule has 3 fully saturated rings. The second kappa shape index (κ2) is 0.644. The predicted octanol–water partition coefficient (Wildman–Crippen LogP) is -0.0751. The lowest BCUT2D eigenvalue weighted by Gasteiger charge is -1.78. The molecule has 2 aliphatic heterocycles. The lowest BCUT2D eigenvalue weighted by atomic mass is 10.4. The van der Waals surface area contributed by atoms with Crippen LogP contribution in [0, 0.1) is 0 Å². The molecule has 38 valence electrons. The van der Waals surface area contributed by atoms with Crippen LogP contribution in [0.4, 0.5) is 0 Å². The molecular formula is C5H6O2. The SMILES string of the molecule is C1[C@@H]2O[C@@H]2[C@@H]2O[C@H]12. The molecule has 0 amide bonds. The zero-order chi connectivity index (χ0) is 4.43. The molecular weight excluding hydrogens is 92.1 g/mol. The highest BCUT2D eigenvalue weighted by atomic mass is 16.7. The normalized spacial score (nSPS) is 72.0. The van der Waals surface area contributed by atoms with Crippen LogP contribution in [0.25, 0.3) is 0 Å². The van der Waals surface area contributed by atoms with Crippen LogP contribution >= 0.6 is 0 Å². The van der Waals surface area contributed by atoms with Crippen molar-refractivity contribution in [3.63, 3.8) is 0 Å². The van der Waals surface area contributed by atoms with E-state index in [9.17, 15) is 0 Å². The zero-order valence-electron chi connectivity index (χ0n) is 3.83. The number of fused-ring (bicyclic) bond motifs is 3. The minimum Gasteiger partial charge on any atom is -0.367 e. The molecule has 1 aliphatic carbocycles. The monoisotopic (exact) mass is 98.0 g/mol. The lowest BCUT2D eigenvalue weighted by Crippen LogP contribution is -1.92. The summed E-state index contributed by atoms with van der Waals surface area (Å²) in [5.74, 6) is 0. The summed E-state index contributed by atoms with van der Waals surface area (Å²) >= 11 is 0. The molecule has 4 atom stereocenters. The average molecular weight is 98.1 g/mol. The van der Waals surface area contributed by atoms with Crippen molar-refractivity contribution >= 4 is 0 Å². The van der Waals surface area contributed by atoms with Gasteiger partial charge in [-0.15, -0.1) is 0 Å². The van der Waals surface area contributed by atoms with Gasteiger partial charge >= 0.3 is 0 Å². The van der Waals surface area contributed by atoms with E-state index in [4.69, 9.17) is 9.47 Å². The Morgan fingerprint density at radius 3 is 1.86 bits per heavy atom. The van der Waals surface area contributed by atoms with Crippen LogP contribution in [0.2, 0.25) is 0 Å². The number of hydrogen-bond donors (Lipinski definition) is 0. The first-order valence-corrected chi connectivity index (χ1v) is 2.76. The van der Waals surface area contributed by atoms with Gasteiger partial charge in [0.05, 0.1) is 12.2 Å². The maximum Gasteiger partial charge on any atom is 0.113 e. The summed E-state index contributed by atoms with van der Waals surface area (Å²) in [5, 5.41) is 0. The molecule has 2 saturated heterocycles. The largest absolute Gasteiger partial charge is 0.367 e. The second-order valence-electron chi connectivity index (χ2n) is 2.51. The number of hydrogen-bond acceptors (Lipinski definition) is 2. The van der Waals surface area contributed by atoms with Crippen molar-refractivity contribution in [2.75, 3.05) is 0 Å².